The van der Waals surface area contributed by atoms with Gasteiger partial charge in [-0.1, -0.05) is 44.2 Å². The molecule has 0 aliphatic heterocycles. The second-order valence-electron chi connectivity index (χ2n) is 6.28. The Balaban J connectivity index is 2.78. The fraction of sp³-hybridized carbons (Fsp3) is 0.632. The van der Waals surface area contributed by atoms with Crippen molar-refractivity contribution in [2.45, 2.75) is 33.2 Å². The fourth-order valence-corrected chi connectivity index (χ4v) is 3.50. The number of likely N-dealkylation sites (N-methyl/N-ethyl adjacent to an activating group) is 1. The van der Waals surface area contributed by atoms with Gasteiger partial charge in [0.05, 0.1) is 18.3 Å². The normalized spacial score (nSPS) is 13.7. The van der Waals surface area contributed by atoms with Crippen LogP contribution in [-0.2, 0) is 9.84 Å². The molecular formula is C19H34N4O2S. The minimum Gasteiger partial charge on any atom is -0.357 e. The van der Waals surface area contributed by atoms with Crippen molar-refractivity contribution in [3.63, 3.8) is 0 Å². The first-order chi connectivity index (χ1) is 12.4. The summed E-state index contributed by atoms with van der Waals surface area (Å²) < 4.78 is 22.5. The molecule has 1 unspecified atom stereocenters. The van der Waals surface area contributed by atoms with Crippen LogP contribution in [-0.4, -0.2) is 64.0 Å². The van der Waals surface area contributed by atoms with Gasteiger partial charge >= 0.3 is 0 Å². The predicted octanol–water partition coefficient (Wildman–Crippen LogP) is 2.06. The topological polar surface area (TPSA) is 73.8 Å². The van der Waals surface area contributed by atoms with Gasteiger partial charge in [-0.25, -0.2) is 8.42 Å². The van der Waals surface area contributed by atoms with Crippen LogP contribution in [0.1, 0.15) is 38.8 Å². The maximum atomic E-state index is 11.2. The van der Waals surface area contributed by atoms with E-state index in [1.165, 1.54) is 11.8 Å². The van der Waals surface area contributed by atoms with Crippen LogP contribution in [0.3, 0.4) is 0 Å². The highest BCUT2D eigenvalue weighted by molar-refractivity contribution is 7.90. The van der Waals surface area contributed by atoms with Crippen molar-refractivity contribution in [2.24, 2.45) is 4.99 Å². The Labute approximate surface area is 159 Å². The number of hydrogen-bond donors (Lipinski definition) is 2. The third-order valence-corrected chi connectivity index (χ3v) is 5.22. The summed E-state index contributed by atoms with van der Waals surface area (Å²) in [5.74, 6) is 0.917. The number of hydrogen-bond acceptors (Lipinski definition) is 4. The molecule has 0 radical (unpaired) electrons. The highest BCUT2D eigenvalue weighted by Gasteiger charge is 2.17. The van der Waals surface area contributed by atoms with E-state index in [9.17, 15) is 8.42 Å². The molecule has 0 saturated heterocycles. The lowest BCUT2D eigenvalue weighted by Gasteiger charge is -2.29. The van der Waals surface area contributed by atoms with Crippen LogP contribution < -0.4 is 10.6 Å². The third kappa shape index (κ3) is 8.67. The monoisotopic (exact) mass is 382 g/mol. The minimum atomic E-state index is -2.92. The first-order valence-electron chi connectivity index (χ1n) is 9.40. The molecule has 0 saturated carbocycles. The lowest BCUT2D eigenvalue weighted by atomic mass is 10.1. The molecule has 6 nitrogen and oxygen atoms in total. The summed E-state index contributed by atoms with van der Waals surface area (Å²) in [7, 11) is -2.92. The Kier molecular flexibility index (Phi) is 10.3. The van der Waals surface area contributed by atoms with Crippen LogP contribution in [0.5, 0.6) is 0 Å². The van der Waals surface area contributed by atoms with Crippen molar-refractivity contribution >= 4 is 15.8 Å². The molecule has 0 aliphatic rings. The van der Waals surface area contributed by atoms with Gasteiger partial charge in [0.25, 0.3) is 0 Å². The zero-order valence-electron chi connectivity index (χ0n) is 16.5. The molecule has 26 heavy (non-hydrogen) atoms. The van der Waals surface area contributed by atoms with Gasteiger partial charge < -0.3 is 10.6 Å². The average Bonchev–Trinajstić information content (AvgIpc) is 2.62. The Morgan fingerprint density at radius 3 is 2.31 bits per heavy atom. The molecule has 1 atom stereocenters. The van der Waals surface area contributed by atoms with E-state index in [1.807, 2.05) is 13.0 Å². The summed E-state index contributed by atoms with van der Waals surface area (Å²) in [6, 6.07) is 10.7. The zero-order chi connectivity index (χ0) is 19.4. The average molecular weight is 383 g/mol. The van der Waals surface area contributed by atoms with Crippen molar-refractivity contribution < 1.29 is 8.42 Å². The van der Waals surface area contributed by atoms with E-state index in [2.05, 4.69) is 53.6 Å². The molecule has 7 heteroatoms. The number of rotatable bonds is 11. The first-order valence-corrected chi connectivity index (χ1v) is 11.5. The summed E-state index contributed by atoms with van der Waals surface area (Å²) in [6.07, 6.45) is 1.84. The summed E-state index contributed by atoms with van der Waals surface area (Å²) >= 11 is 0. The van der Waals surface area contributed by atoms with E-state index in [0.29, 0.717) is 19.5 Å². The molecule has 0 aliphatic carbocycles. The van der Waals surface area contributed by atoms with Crippen molar-refractivity contribution in [3.8, 4) is 0 Å². The molecule has 148 valence electrons. The molecule has 0 aromatic heterocycles. The smallest absolute Gasteiger partial charge is 0.191 e. The van der Waals surface area contributed by atoms with Gasteiger partial charge in [-0.2, -0.15) is 0 Å². The third-order valence-electron chi connectivity index (χ3n) is 4.19. The lowest BCUT2D eigenvalue weighted by Crippen LogP contribution is -2.39. The van der Waals surface area contributed by atoms with E-state index in [1.54, 1.807) is 0 Å². The molecule has 1 aromatic rings. The van der Waals surface area contributed by atoms with Crippen LogP contribution in [0.2, 0.25) is 0 Å². The van der Waals surface area contributed by atoms with Crippen molar-refractivity contribution in [1.82, 2.24) is 15.5 Å². The van der Waals surface area contributed by atoms with E-state index in [0.717, 1.165) is 25.6 Å². The van der Waals surface area contributed by atoms with Crippen molar-refractivity contribution in [2.75, 3.05) is 44.7 Å². The van der Waals surface area contributed by atoms with Gasteiger partial charge in [0.15, 0.2) is 5.96 Å². The van der Waals surface area contributed by atoms with Crippen LogP contribution in [0.15, 0.2) is 35.3 Å². The molecule has 0 amide bonds. The largest absolute Gasteiger partial charge is 0.357 e. The molecule has 1 aromatic carbocycles. The maximum Gasteiger partial charge on any atom is 0.191 e. The number of nitrogens with zero attached hydrogens (tertiary/aromatic N) is 2. The highest BCUT2D eigenvalue weighted by Crippen LogP contribution is 2.20. The Hall–Kier alpha value is -1.60. The quantitative estimate of drug-likeness (QED) is 0.348. The summed E-state index contributed by atoms with van der Waals surface area (Å²) in [4.78, 5) is 7.14. The van der Waals surface area contributed by atoms with E-state index in [-0.39, 0.29) is 11.8 Å². The molecule has 0 bridgehead atoms. The lowest BCUT2D eigenvalue weighted by molar-refractivity contribution is 0.224. The fourth-order valence-electron chi connectivity index (χ4n) is 2.83. The zero-order valence-corrected chi connectivity index (χ0v) is 17.3. The SMILES string of the molecule is CCNC(=NCC(c1ccccc1)N(CC)CC)NCCCS(C)(=O)=O. The van der Waals surface area contributed by atoms with E-state index in [4.69, 9.17) is 4.99 Å². The van der Waals surface area contributed by atoms with Gasteiger partial charge in [0.2, 0.25) is 0 Å². The minimum absolute atomic E-state index is 0.186. The highest BCUT2D eigenvalue weighted by atomic mass is 32.2. The molecule has 2 N–H and O–H groups in total. The van der Waals surface area contributed by atoms with E-state index < -0.39 is 9.84 Å². The van der Waals surface area contributed by atoms with Crippen molar-refractivity contribution in [3.05, 3.63) is 35.9 Å². The number of aliphatic imine (C=N–C) groups is 1. The number of guanidine groups is 1. The Morgan fingerprint density at radius 2 is 1.77 bits per heavy atom. The molecule has 0 fully saturated rings. The standard InChI is InChI=1S/C19H34N4O2S/c1-5-20-19(21-14-11-15-26(4,24)25)22-16-18(23(6-2)7-3)17-12-9-8-10-13-17/h8-10,12-13,18H,5-7,11,14-16H2,1-4H3,(H2,20,21,22). The molecule has 0 spiro atoms. The van der Waals surface area contributed by atoms with E-state index >= 15 is 0 Å². The van der Waals surface area contributed by atoms with Gasteiger partial charge in [0.1, 0.15) is 9.84 Å². The van der Waals surface area contributed by atoms with Gasteiger partial charge in [0, 0.05) is 19.3 Å². The second kappa shape index (κ2) is 11.9. The summed E-state index contributed by atoms with van der Waals surface area (Å²) in [6.45, 7) is 10.3. The van der Waals surface area contributed by atoms with Gasteiger partial charge in [-0.05, 0) is 32.0 Å². The van der Waals surface area contributed by atoms with Crippen LogP contribution in [0, 0.1) is 0 Å². The Morgan fingerprint density at radius 1 is 1.12 bits per heavy atom. The van der Waals surface area contributed by atoms with Crippen molar-refractivity contribution in [1.29, 1.82) is 0 Å². The number of sulfone groups is 1. The summed E-state index contributed by atoms with van der Waals surface area (Å²) in [5.41, 5.74) is 1.26. The van der Waals surface area contributed by atoms with Crippen LogP contribution >= 0.6 is 0 Å². The predicted molar refractivity (Wildman–Crippen MR) is 110 cm³/mol. The summed E-state index contributed by atoms with van der Waals surface area (Å²) in [5, 5.41) is 6.46. The first kappa shape index (κ1) is 22.4. The van der Waals surface area contributed by atoms with Gasteiger partial charge in [-0.3, -0.25) is 9.89 Å². The number of benzene rings is 1. The number of nitrogens with one attached hydrogen (secondary N) is 2. The van der Waals surface area contributed by atoms with Gasteiger partial charge in [-0.15, -0.1) is 0 Å². The second-order valence-corrected chi connectivity index (χ2v) is 8.54. The molecular weight excluding hydrogens is 348 g/mol. The maximum absolute atomic E-state index is 11.2. The molecule has 1 rings (SSSR count). The molecule has 0 heterocycles. The van der Waals surface area contributed by atoms with Crippen LogP contribution in [0.4, 0.5) is 0 Å². The Bertz CT molecular complexity index is 628. The van der Waals surface area contributed by atoms with Crippen LogP contribution in [0.25, 0.3) is 0 Å².